The molecule has 0 aliphatic carbocycles. The Morgan fingerprint density at radius 2 is 1.41 bits per heavy atom. The van der Waals surface area contributed by atoms with E-state index in [1.807, 2.05) is 36.4 Å². The quantitative estimate of drug-likeness (QED) is 0.419. The molecule has 32 heavy (non-hydrogen) atoms. The highest BCUT2D eigenvalue weighted by Gasteiger charge is 2.21. The molecule has 4 rings (SSSR count). The fraction of sp³-hybridized carbons (Fsp3) is 0.333. The third-order valence-electron chi connectivity index (χ3n) is 6.00. The Morgan fingerprint density at radius 3 is 2.09 bits per heavy atom. The van der Waals surface area contributed by atoms with Crippen molar-refractivity contribution >= 4 is 11.6 Å². The predicted molar refractivity (Wildman–Crippen MR) is 131 cm³/mol. The molecule has 0 spiro atoms. The number of nitrogens with zero attached hydrogens (tertiary/aromatic N) is 2. The van der Waals surface area contributed by atoms with Gasteiger partial charge in [-0.15, -0.1) is 0 Å². The van der Waals surface area contributed by atoms with E-state index in [0.717, 1.165) is 67.8 Å². The van der Waals surface area contributed by atoms with Crippen LogP contribution in [0.3, 0.4) is 0 Å². The second-order valence-corrected chi connectivity index (χ2v) is 8.64. The van der Waals surface area contributed by atoms with Crippen molar-refractivity contribution in [2.24, 2.45) is 0 Å². The Bertz CT molecular complexity index is 957. The topological polar surface area (TPSA) is 24.9 Å². The lowest BCUT2D eigenvalue weighted by molar-refractivity contribution is 0.106. The molecule has 1 heterocycles. The summed E-state index contributed by atoms with van der Waals surface area (Å²) in [5.41, 5.74) is 2.51. The molecule has 1 aliphatic rings. The van der Waals surface area contributed by atoms with Crippen molar-refractivity contribution in [2.75, 3.05) is 39.8 Å². The Kier molecular flexibility index (Phi) is 8.05. The summed E-state index contributed by atoms with van der Waals surface area (Å²) < 4.78 is 11.9. The van der Waals surface area contributed by atoms with E-state index in [4.69, 9.17) is 21.1 Å². The van der Waals surface area contributed by atoms with Gasteiger partial charge in [0.1, 0.15) is 6.10 Å². The van der Waals surface area contributed by atoms with Crippen LogP contribution in [-0.2, 0) is 6.54 Å². The maximum atomic E-state index is 6.45. The maximum absolute atomic E-state index is 6.45. The average Bonchev–Trinajstić information content (AvgIpc) is 2.84. The SMILES string of the molecule is COc1ccccc1OC(CCN1CCN(Cc2ccccc2)CC1)c1ccc(Cl)cc1. The van der Waals surface area contributed by atoms with E-state index in [9.17, 15) is 0 Å². The Balaban J connectivity index is 1.36. The van der Waals surface area contributed by atoms with E-state index in [0.29, 0.717) is 0 Å². The molecule has 3 aromatic carbocycles. The van der Waals surface area contributed by atoms with Gasteiger partial charge in [0.05, 0.1) is 7.11 Å². The van der Waals surface area contributed by atoms with E-state index < -0.39 is 0 Å². The van der Waals surface area contributed by atoms with Gasteiger partial charge in [-0.25, -0.2) is 0 Å². The largest absolute Gasteiger partial charge is 0.493 e. The molecular weight excluding hydrogens is 420 g/mol. The minimum Gasteiger partial charge on any atom is -0.493 e. The summed E-state index contributed by atoms with van der Waals surface area (Å²) in [7, 11) is 1.68. The first kappa shape index (κ1) is 22.7. The van der Waals surface area contributed by atoms with E-state index in [-0.39, 0.29) is 6.10 Å². The Hall–Kier alpha value is -2.53. The fourth-order valence-electron chi connectivity index (χ4n) is 4.15. The molecule has 1 unspecified atom stereocenters. The number of hydrogen-bond acceptors (Lipinski definition) is 4. The molecule has 1 fully saturated rings. The Labute approximate surface area is 196 Å². The van der Waals surface area contributed by atoms with Gasteiger partial charge < -0.3 is 14.4 Å². The van der Waals surface area contributed by atoms with Gasteiger partial charge in [0, 0.05) is 50.7 Å². The molecule has 0 aromatic heterocycles. The van der Waals surface area contributed by atoms with Gasteiger partial charge in [0.25, 0.3) is 0 Å². The van der Waals surface area contributed by atoms with Crippen LogP contribution in [0.5, 0.6) is 11.5 Å². The second kappa shape index (κ2) is 11.4. The lowest BCUT2D eigenvalue weighted by Gasteiger charge is -2.35. The monoisotopic (exact) mass is 450 g/mol. The first-order chi connectivity index (χ1) is 15.7. The van der Waals surface area contributed by atoms with Crippen LogP contribution in [0.15, 0.2) is 78.9 Å². The highest BCUT2D eigenvalue weighted by atomic mass is 35.5. The van der Waals surface area contributed by atoms with E-state index in [1.165, 1.54) is 5.56 Å². The van der Waals surface area contributed by atoms with Crippen LogP contribution in [0, 0.1) is 0 Å². The van der Waals surface area contributed by atoms with Crippen molar-refractivity contribution < 1.29 is 9.47 Å². The van der Waals surface area contributed by atoms with Gasteiger partial charge in [-0.2, -0.15) is 0 Å². The number of rotatable bonds is 9. The molecule has 0 bridgehead atoms. The smallest absolute Gasteiger partial charge is 0.162 e. The molecular formula is C27H31ClN2O2. The summed E-state index contributed by atoms with van der Waals surface area (Å²) >= 11 is 6.12. The van der Waals surface area contributed by atoms with Gasteiger partial charge in [-0.1, -0.05) is 66.2 Å². The predicted octanol–water partition coefficient (Wildman–Crippen LogP) is 5.68. The Morgan fingerprint density at radius 1 is 0.781 bits per heavy atom. The van der Waals surface area contributed by atoms with Gasteiger partial charge in [0.15, 0.2) is 11.5 Å². The number of para-hydroxylation sites is 2. The number of ether oxygens (including phenoxy) is 2. The normalized spacial score (nSPS) is 15.9. The molecule has 0 saturated carbocycles. The molecule has 0 radical (unpaired) electrons. The molecule has 168 valence electrons. The average molecular weight is 451 g/mol. The lowest BCUT2D eigenvalue weighted by Crippen LogP contribution is -2.46. The number of halogens is 1. The van der Waals surface area contributed by atoms with Crippen LogP contribution in [-0.4, -0.2) is 49.6 Å². The van der Waals surface area contributed by atoms with Crippen molar-refractivity contribution in [3.8, 4) is 11.5 Å². The summed E-state index contributed by atoms with van der Waals surface area (Å²) in [6.45, 7) is 6.35. The van der Waals surface area contributed by atoms with E-state index in [2.05, 4.69) is 52.3 Å². The van der Waals surface area contributed by atoms with Crippen LogP contribution in [0.25, 0.3) is 0 Å². The molecule has 3 aromatic rings. The lowest BCUT2D eigenvalue weighted by atomic mass is 10.1. The summed E-state index contributed by atoms with van der Waals surface area (Å²) in [5.74, 6) is 1.52. The zero-order chi connectivity index (χ0) is 22.2. The van der Waals surface area contributed by atoms with E-state index >= 15 is 0 Å². The van der Waals surface area contributed by atoms with Crippen molar-refractivity contribution in [3.63, 3.8) is 0 Å². The molecule has 5 heteroatoms. The standard InChI is InChI=1S/C27H31ClN2O2/c1-31-26-9-5-6-10-27(26)32-25(23-11-13-24(28)14-12-23)15-16-29-17-19-30(20-18-29)21-22-7-3-2-4-8-22/h2-14,25H,15-21H2,1H3. The number of methoxy groups -OCH3 is 1. The third kappa shape index (κ3) is 6.26. The van der Waals surface area contributed by atoms with Gasteiger partial charge >= 0.3 is 0 Å². The van der Waals surface area contributed by atoms with Gasteiger partial charge in [-0.3, -0.25) is 4.90 Å². The summed E-state index contributed by atoms with van der Waals surface area (Å²) in [4.78, 5) is 5.07. The number of piperazine rings is 1. The highest BCUT2D eigenvalue weighted by Crippen LogP contribution is 2.32. The van der Waals surface area contributed by atoms with Crippen molar-refractivity contribution in [1.29, 1.82) is 0 Å². The maximum Gasteiger partial charge on any atom is 0.162 e. The van der Waals surface area contributed by atoms with Crippen molar-refractivity contribution in [1.82, 2.24) is 9.80 Å². The minimum absolute atomic E-state index is 0.0640. The first-order valence-electron chi connectivity index (χ1n) is 11.2. The highest BCUT2D eigenvalue weighted by molar-refractivity contribution is 6.30. The number of benzene rings is 3. The van der Waals surface area contributed by atoms with Crippen molar-refractivity contribution in [2.45, 2.75) is 19.1 Å². The van der Waals surface area contributed by atoms with Gasteiger partial charge in [0.2, 0.25) is 0 Å². The number of hydrogen-bond donors (Lipinski definition) is 0. The molecule has 1 aliphatic heterocycles. The molecule has 1 atom stereocenters. The van der Waals surface area contributed by atoms with Gasteiger partial charge in [-0.05, 0) is 35.4 Å². The minimum atomic E-state index is -0.0640. The summed E-state index contributed by atoms with van der Waals surface area (Å²) in [6, 6.07) is 26.5. The van der Waals surface area contributed by atoms with Crippen LogP contribution < -0.4 is 9.47 Å². The molecule has 4 nitrogen and oxygen atoms in total. The second-order valence-electron chi connectivity index (χ2n) is 8.20. The summed E-state index contributed by atoms with van der Waals surface area (Å²) in [5, 5.41) is 0.735. The van der Waals surface area contributed by atoms with Crippen LogP contribution in [0.4, 0.5) is 0 Å². The van der Waals surface area contributed by atoms with Crippen LogP contribution in [0.1, 0.15) is 23.7 Å². The first-order valence-corrected chi connectivity index (χ1v) is 11.6. The van der Waals surface area contributed by atoms with E-state index in [1.54, 1.807) is 7.11 Å². The zero-order valence-corrected chi connectivity index (χ0v) is 19.4. The van der Waals surface area contributed by atoms with Crippen LogP contribution in [0.2, 0.25) is 5.02 Å². The van der Waals surface area contributed by atoms with Crippen molar-refractivity contribution in [3.05, 3.63) is 95.0 Å². The summed E-state index contributed by atoms with van der Waals surface area (Å²) in [6.07, 6.45) is 0.837. The molecule has 1 saturated heterocycles. The zero-order valence-electron chi connectivity index (χ0n) is 18.6. The fourth-order valence-corrected chi connectivity index (χ4v) is 4.28. The third-order valence-corrected chi connectivity index (χ3v) is 6.25. The van der Waals surface area contributed by atoms with Crippen LogP contribution >= 0.6 is 11.6 Å². The molecule has 0 N–H and O–H groups in total. The molecule has 0 amide bonds.